The van der Waals surface area contributed by atoms with Crippen LogP contribution in [0, 0.1) is 5.92 Å². The van der Waals surface area contributed by atoms with Crippen LogP contribution in [0.1, 0.15) is 29.8 Å². The lowest BCUT2D eigenvalue weighted by Crippen LogP contribution is -2.04. The molecule has 1 aromatic heterocycles. The highest BCUT2D eigenvalue weighted by atomic mass is 32.1. The van der Waals surface area contributed by atoms with Gasteiger partial charge in [0.15, 0.2) is 10.8 Å². The molecule has 0 radical (unpaired) electrons. The minimum absolute atomic E-state index is 0.374. The van der Waals surface area contributed by atoms with Crippen LogP contribution in [-0.4, -0.2) is 24.6 Å². The van der Waals surface area contributed by atoms with Crippen molar-refractivity contribution < 1.29 is 9.53 Å². The Morgan fingerprint density at radius 3 is 3.20 bits per heavy atom. The zero-order valence-electron chi connectivity index (χ0n) is 8.66. The van der Waals surface area contributed by atoms with Gasteiger partial charge in [0.25, 0.3) is 0 Å². The van der Waals surface area contributed by atoms with Crippen LogP contribution in [0.2, 0.25) is 0 Å². The SMILES string of the molecule is COC(=O)c1csc(NCCC2CC2)n1. The van der Waals surface area contributed by atoms with E-state index in [0.29, 0.717) is 5.69 Å². The van der Waals surface area contributed by atoms with Gasteiger partial charge in [-0.25, -0.2) is 9.78 Å². The van der Waals surface area contributed by atoms with Crippen molar-refractivity contribution in [2.45, 2.75) is 19.3 Å². The fourth-order valence-electron chi connectivity index (χ4n) is 1.34. The molecule has 1 aliphatic rings. The van der Waals surface area contributed by atoms with E-state index in [1.807, 2.05) is 0 Å². The van der Waals surface area contributed by atoms with Gasteiger partial charge in [-0.15, -0.1) is 11.3 Å². The van der Waals surface area contributed by atoms with Crippen molar-refractivity contribution >= 4 is 22.4 Å². The van der Waals surface area contributed by atoms with Gasteiger partial charge >= 0.3 is 5.97 Å². The second-order valence-electron chi connectivity index (χ2n) is 3.69. The van der Waals surface area contributed by atoms with E-state index in [1.54, 1.807) is 5.38 Å². The lowest BCUT2D eigenvalue weighted by Gasteiger charge is -1.99. The second kappa shape index (κ2) is 4.61. The number of ether oxygens (including phenoxy) is 1. The quantitative estimate of drug-likeness (QED) is 0.781. The number of nitrogens with one attached hydrogen (secondary N) is 1. The number of aromatic nitrogens is 1. The summed E-state index contributed by atoms with van der Waals surface area (Å²) < 4.78 is 4.58. The van der Waals surface area contributed by atoms with E-state index in [0.717, 1.165) is 17.6 Å². The van der Waals surface area contributed by atoms with Crippen molar-refractivity contribution in [1.29, 1.82) is 0 Å². The molecule has 1 fully saturated rings. The Hall–Kier alpha value is -1.10. The Kier molecular flexibility index (Phi) is 3.20. The maximum atomic E-state index is 11.1. The van der Waals surface area contributed by atoms with Gasteiger partial charge in [0.2, 0.25) is 0 Å². The zero-order chi connectivity index (χ0) is 10.7. The molecule has 5 heteroatoms. The third kappa shape index (κ3) is 2.92. The molecule has 82 valence electrons. The number of anilines is 1. The van der Waals surface area contributed by atoms with E-state index in [4.69, 9.17) is 0 Å². The molecule has 0 atom stereocenters. The summed E-state index contributed by atoms with van der Waals surface area (Å²) in [6, 6.07) is 0. The van der Waals surface area contributed by atoms with Crippen molar-refractivity contribution in [3.63, 3.8) is 0 Å². The summed E-state index contributed by atoms with van der Waals surface area (Å²) in [6.07, 6.45) is 3.94. The van der Waals surface area contributed by atoms with Crippen LogP contribution in [-0.2, 0) is 4.74 Å². The molecule has 1 heterocycles. The summed E-state index contributed by atoms with van der Waals surface area (Å²) in [4.78, 5) is 15.2. The molecule has 0 aliphatic heterocycles. The Morgan fingerprint density at radius 2 is 2.53 bits per heavy atom. The molecule has 1 aromatic rings. The molecule has 0 amide bonds. The number of carbonyl (C=O) groups excluding carboxylic acids is 1. The molecular formula is C10H14N2O2S. The number of nitrogens with zero attached hydrogens (tertiary/aromatic N) is 1. The molecule has 0 saturated heterocycles. The second-order valence-corrected chi connectivity index (χ2v) is 4.55. The van der Waals surface area contributed by atoms with Crippen LogP contribution in [0.15, 0.2) is 5.38 Å². The summed E-state index contributed by atoms with van der Waals surface area (Å²) in [7, 11) is 1.36. The monoisotopic (exact) mass is 226 g/mol. The largest absolute Gasteiger partial charge is 0.464 e. The van der Waals surface area contributed by atoms with Gasteiger partial charge in [0.05, 0.1) is 7.11 Å². The Bertz CT molecular complexity index is 347. The molecule has 2 rings (SSSR count). The molecule has 0 unspecified atom stereocenters. The van der Waals surface area contributed by atoms with E-state index in [-0.39, 0.29) is 5.97 Å². The summed E-state index contributed by atoms with van der Waals surface area (Å²) >= 11 is 1.44. The summed E-state index contributed by atoms with van der Waals surface area (Å²) in [5.41, 5.74) is 0.386. The Balaban J connectivity index is 1.80. The highest BCUT2D eigenvalue weighted by Gasteiger charge is 2.20. The van der Waals surface area contributed by atoms with Crippen molar-refractivity contribution in [2.75, 3.05) is 19.0 Å². The van der Waals surface area contributed by atoms with E-state index < -0.39 is 0 Å². The average Bonchev–Trinajstić information content (AvgIpc) is 2.94. The third-order valence-electron chi connectivity index (χ3n) is 2.42. The van der Waals surface area contributed by atoms with Crippen LogP contribution in [0.3, 0.4) is 0 Å². The minimum atomic E-state index is -0.374. The molecular weight excluding hydrogens is 212 g/mol. The van der Waals surface area contributed by atoms with Crippen LogP contribution in [0.5, 0.6) is 0 Å². The van der Waals surface area contributed by atoms with Crippen LogP contribution in [0.4, 0.5) is 5.13 Å². The lowest BCUT2D eigenvalue weighted by molar-refractivity contribution is 0.0595. The molecule has 15 heavy (non-hydrogen) atoms. The number of thiazole rings is 1. The molecule has 0 aromatic carbocycles. The van der Waals surface area contributed by atoms with Crippen LogP contribution in [0.25, 0.3) is 0 Å². The van der Waals surface area contributed by atoms with Gasteiger partial charge in [0, 0.05) is 11.9 Å². The zero-order valence-corrected chi connectivity index (χ0v) is 9.47. The first kappa shape index (κ1) is 10.4. The number of carbonyl (C=O) groups is 1. The van der Waals surface area contributed by atoms with Crippen molar-refractivity contribution in [3.05, 3.63) is 11.1 Å². The normalized spacial score (nSPS) is 15.0. The molecule has 1 saturated carbocycles. The van der Waals surface area contributed by atoms with Gasteiger partial charge in [-0.3, -0.25) is 0 Å². The van der Waals surface area contributed by atoms with Crippen molar-refractivity contribution in [3.8, 4) is 0 Å². The minimum Gasteiger partial charge on any atom is -0.464 e. The summed E-state index contributed by atoms with van der Waals surface area (Å²) in [5, 5.41) is 5.73. The number of esters is 1. The number of hydrogen-bond donors (Lipinski definition) is 1. The van der Waals surface area contributed by atoms with Gasteiger partial charge in [-0.1, -0.05) is 12.8 Å². The van der Waals surface area contributed by atoms with Crippen LogP contribution < -0.4 is 5.32 Å². The van der Waals surface area contributed by atoms with E-state index >= 15 is 0 Å². The van der Waals surface area contributed by atoms with Gasteiger partial charge in [-0.05, 0) is 12.3 Å². The van der Waals surface area contributed by atoms with Gasteiger partial charge < -0.3 is 10.1 Å². The first-order chi connectivity index (χ1) is 7.29. The first-order valence-corrected chi connectivity index (χ1v) is 5.95. The third-order valence-corrected chi connectivity index (χ3v) is 3.22. The van der Waals surface area contributed by atoms with E-state index in [1.165, 1.54) is 37.7 Å². The van der Waals surface area contributed by atoms with Crippen molar-refractivity contribution in [2.24, 2.45) is 5.92 Å². The van der Waals surface area contributed by atoms with Crippen LogP contribution >= 0.6 is 11.3 Å². The summed E-state index contributed by atoms with van der Waals surface area (Å²) in [5.74, 6) is 0.541. The maximum absolute atomic E-state index is 11.1. The fraction of sp³-hybridized carbons (Fsp3) is 0.600. The smallest absolute Gasteiger partial charge is 0.357 e. The van der Waals surface area contributed by atoms with E-state index in [2.05, 4.69) is 15.0 Å². The molecule has 4 nitrogen and oxygen atoms in total. The highest BCUT2D eigenvalue weighted by molar-refractivity contribution is 7.13. The lowest BCUT2D eigenvalue weighted by atomic mass is 10.3. The Labute approximate surface area is 92.7 Å². The molecule has 0 bridgehead atoms. The number of methoxy groups -OCH3 is 1. The fourth-order valence-corrected chi connectivity index (χ4v) is 2.05. The molecule has 1 N–H and O–H groups in total. The first-order valence-electron chi connectivity index (χ1n) is 5.07. The standard InChI is InChI=1S/C10H14N2O2S/c1-14-9(13)8-6-15-10(12-8)11-5-4-7-2-3-7/h6-7H,2-5H2,1H3,(H,11,12). The predicted octanol–water partition coefficient (Wildman–Crippen LogP) is 2.14. The summed E-state index contributed by atoms with van der Waals surface area (Å²) in [6.45, 7) is 0.943. The van der Waals surface area contributed by atoms with E-state index in [9.17, 15) is 4.79 Å². The Morgan fingerprint density at radius 1 is 1.73 bits per heavy atom. The average molecular weight is 226 g/mol. The topological polar surface area (TPSA) is 51.2 Å². The number of hydrogen-bond acceptors (Lipinski definition) is 5. The van der Waals surface area contributed by atoms with Crippen molar-refractivity contribution in [1.82, 2.24) is 4.98 Å². The van der Waals surface area contributed by atoms with Gasteiger partial charge in [-0.2, -0.15) is 0 Å². The number of rotatable bonds is 5. The highest BCUT2D eigenvalue weighted by Crippen LogP contribution is 2.32. The van der Waals surface area contributed by atoms with Gasteiger partial charge in [0.1, 0.15) is 0 Å². The molecule has 1 aliphatic carbocycles. The maximum Gasteiger partial charge on any atom is 0.357 e. The molecule has 0 spiro atoms. The predicted molar refractivity (Wildman–Crippen MR) is 59.3 cm³/mol.